The Kier molecular flexibility index (Phi) is 15.0. The number of hydrogen-bond donors (Lipinski definition) is 0. The molecule has 0 unspecified atom stereocenters. The van der Waals surface area contributed by atoms with Crippen molar-refractivity contribution in [1.29, 1.82) is 0 Å². The van der Waals surface area contributed by atoms with Crippen LogP contribution in [0.25, 0.3) is 0 Å². The van der Waals surface area contributed by atoms with Crippen LogP contribution in [0.15, 0.2) is 228 Å². The molecule has 8 aromatic rings. The van der Waals surface area contributed by atoms with Gasteiger partial charge in [-0.25, -0.2) is 0 Å². The molecule has 0 fully saturated rings. The van der Waals surface area contributed by atoms with Crippen molar-refractivity contribution >= 4 is 71.5 Å². The van der Waals surface area contributed by atoms with Gasteiger partial charge >= 0.3 is 19.5 Å². The molecule has 0 aliphatic heterocycles. The Bertz CT molecular complexity index is 2260. The molecule has 0 heterocycles. The summed E-state index contributed by atoms with van der Waals surface area (Å²) in [6.07, 6.45) is 3.30. The predicted octanol–water partition coefficient (Wildman–Crippen LogP) is 8.54. The summed E-state index contributed by atoms with van der Waals surface area (Å²) in [6.45, 7) is 0. The minimum Gasteiger partial charge on any atom is -0.872 e. The van der Waals surface area contributed by atoms with E-state index in [2.05, 4.69) is 131 Å². The zero-order valence-electron chi connectivity index (χ0n) is 31.3. The van der Waals surface area contributed by atoms with Crippen LogP contribution < -0.4 is 42.0 Å². The van der Waals surface area contributed by atoms with Crippen LogP contribution in [-0.2, 0) is 19.5 Å². The fourth-order valence-electron chi connectivity index (χ4n) is 6.09. The molecule has 7 heteroatoms. The first-order valence-electron chi connectivity index (χ1n) is 18.2. The summed E-state index contributed by atoms with van der Waals surface area (Å²) in [5.41, 5.74) is 2.89. The topological polar surface area (TPSA) is 70.8 Å². The summed E-state index contributed by atoms with van der Waals surface area (Å²) in [4.78, 5) is 9.11. The van der Waals surface area contributed by atoms with E-state index in [1.54, 1.807) is 48.8 Å². The van der Waals surface area contributed by atoms with Crippen LogP contribution in [0.3, 0.4) is 0 Å². The molecule has 0 saturated heterocycles. The van der Waals surface area contributed by atoms with E-state index in [-0.39, 0.29) is 31.0 Å². The smallest absolute Gasteiger partial charge is 0.872 e. The second kappa shape index (κ2) is 20.9. The molecular formula is C50H38N2O2P2Zn. The summed E-state index contributed by atoms with van der Waals surface area (Å²) >= 11 is 0. The van der Waals surface area contributed by atoms with E-state index >= 15 is 0 Å². The van der Waals surface area contributed by atoms with E-state index in [0.29, 0.717) is 11.1 Å². The molecule has 0 spiro atoms. The molecule has 0 aliphatic carbocycles. The molecule has 8 aromatic carbocycles. The first-order valence-corrected chi connectivity index (χ1v) is 20.9. The average Bonchev–Trinajstić information content (AvgIpc) is 3.25. The maximum atomic E-state index is 11.9. The molecule has 0 atom stereocenters. The van der Waals surface area contributed by atoms with Gasteiger partial charge in [-0.1, -0.05) is 194 Å². The fourth-order valence-corrected chi connectivity index (χ4v) is 10.8. The van der Waals surface area contributed by atoms with Gasteiger partial charge in [-0.15, -0.1) is 11.5 Å². The van der Waals surface area contributed by atoms with Crippen molar-refractivity contribution in [2.45, 2.75) is 0 Å². The first kappa shape index (κ1) is 40.8. The molecule has 0 aromatic heterocycles. The van der Waals surface area contributed by atoms with Gasteiger partial charge in [0.25, 0.3) is 0 Å². The summed E-state index contributed by atoms with van der Waals surface area (Å²) in [6, 6.07) is 72.8. The molecule has 8 rings (SSSR count). The van der Waals surface area contributed by atoms with Crippen molar-refractivity contribution < 1.29 is 29.7 Å². The molecule has 0 saturated carbocycles. The van der Waals surface area contributed by atoms with Crippen LogP contribution >= 0.6 is 15.8 Å². The van der Waals surface area contributed by atoms with Crippen molar-refractivity contribution in [2.24, 2.45) is 9.98 Å². The summed E-state index contributed by atoms with van der Waals surface area (Å²) in [7, 11) is -1.34. The second-order valence-electron chi connectivity index (χ2n) is 12.6. The Morgan fingerprint density at radius 1 is 0.316 bits per heavy atom. The third-order valence-electron chi connectivity index (χ3n) is 8.78. The molecule has 0 bridgehead atoms. The van der Waals surface area contributed by atoms with Gasteiger partial charge in [0, 0.05) is 12.4 Å². The van der Waals surface area contributed by atoms with Crippen LogP contribution in [0, 0.1) is 0 Å². The number of nitrogens with zero attached hydrogens (tertiary/aromatic N) is 2. The molecule has 0 radical (unpaired) electrons. The van der Waals surface area contributed by atoms with Crippen LogP contribution in [0.5, 0.6) is 11.5 Å². The second-order valence-corrected chi connectivity index (χ2v) is 17.1. The number of hydrogen-bond acceptors (Lipinski definition) is 4. The minimum absolute atomic E-state index is 0. The standard InChI is InChI=1S/2C25H20NOP.Zn/c2*27-25-17-8-7-10-20(25)19-26-21-11-9-16-24(18-21)28(22-12-3-1-4-13-22)23-14-5-2-6-15-23;/h2*1-19,27H;/q;;+2/p-2. The normalized spacial score (nSPS) is 11.0. The van der Waals surface area contributed by atoms with E-state index in [0.717, 1.165) is 11.4 Å². The zero-order valence-corrected chi connectivity index (χ0v) is 36.0. The molecule has 0 aliphatic rings. The number of aliphatic imine (C=N–C) groups is 2. The predicted molar refractivity (Wildman–Crippen MR) is 237 cm³/mol. The van der Waals surface area contributed by atoms with Crippen molar-refractivity contribution in [3.63, 3.8) is 0 Å². The van der Waals surface area contributed by atoms with E-state index in [9.17, 15) is 10.2 Å². The number of para-hydroxylation sites is 2. The number of rotatable bonds is 10. The summed E-state index contributed by atoms with van der Waals surface area (Å²) in [5, 5.41) is 31.5. The van der Waals surface area contributed by atoms with E-state index in [4.69, 9.17) is 0 Å². The van der Waals surface area contributed by atoms with Gasteiger partial charge in [-0.3, -0.25) is 9.98 Å². The fraction of sp³-hybridized carbons (Fsp3) is 0. The zero-order chi connectivity index (χ0) is 38.4. The Morgan fingerprint density at radius 2 is 0.596 bits per heavy atom. The van der Waals surface area contributed by atoms with E-state index in [1.165, 1.54) is 31.8 Å². The average molecular weight is 826 g/mol. The third kappa shape index (κ3) is 11.2. The van der Waals surface area contributed by atoms with Crippen LogP contribution in [0.1, 0.15) is 11.1 Å². The Labute approximate surface area is 350 Å². The first-order chi connectivity index (χ1) is 27.6. The van der Waals surface area contributed by atoms with Gasteiger partial charge in [0.1, 0.15) is 0 Å². The third-order valence-corrected chi connectivity index (χ3v) is 13.6. The number of benzene rings is 8. The van der Waals surface area contributed by atoms with Gasteiger partial charge in [0.2, 0.25) is 0 Å². The van der Waals surface area contributed by atoms with Crippen molar-refractivity contribution in [3.8, 4) is 11.5 Å². The van der Waals surface area contributed by atoms with Crippen LogP contribution in [0.4, 0.5) is 11.4 Å². The summed E-state index contributed by atoms with van der Waals surface area (Å²) in [5.74, 6) is -0.0311. The molecular weight excluding hydrogens is 788 g/mol. The van der Waals surface area contributed by atoms with Crippen molar-refractivity contribution in [2.75, 3.05) is 0 Å². The maximum absolute atomic E-state index is 11.9. The molecule has 0 N–H and O–H groups in total. The molecule has 4 nitrogen and oxygen atoms in total. The Morgan fingerprint density at radius 3 is 0.912 bits per heavy atom. The van der Waals surface area contributed by atoms with Gasteiger partial charge in [0.15, 0.2) is 0 Å². The molecule has 272 valence electrons. The summed E-state index contributed by atoms with van der Waals surface area (Å²) < 4.78 is 0. The quantitative estimate of drug-likeness (QED) is 0.0789. The molecule has 57 heavy (non-hydrogen) atoms. The van der Waals surface area contributed by atoms with E-state index < -0.39 is 15.8 Å². The molecule has 0 amide bonds. The SMILES string of the molecule is [O-]c1ccccc1C=Nc1cccc(P(c2ccccc2)c2ccccc2)c1.[O-]c1ccccc1C=Nc1cccc(P(c2ccccc2)c2ccccc2)c1.[Zn+2]. The maximum Gasteiger partial charge on any atom is 2.00 e. The van der Waals surface area contributed by atoms with Gasteiger partial charge < -0.3 is 10.2 Å². The van der Waals surface area contributed by atoms with E-state index in [1.807, 2.05) is 60.7 Å². The van der Waals surface area contributed by atoms with Crippen molar-refractivity contribution in [1.82, 2.24) is 0 Å². The monoisotopic (exact) mass is 824 g/mol. The van der Waals surface area contributed by atoms with Gasteiger partial charge in [0.05, 0.1) is 11.4 Å². The largest absolute Gasteiger partial charge is 2.00 e. The van der Waals surface area contributed by atoms with Crippen LogP contribution in [-0.4, -0.2) is 12.4 Å². The Balaban J connectivity index is 0.000000189. The van der Waals surface area contributed by atoms with Crippen LogP contribution in [0.2, 0.25) is 0 Å². The Hall–Kier alpha value is -5.82. The van der Waals surface area contributed by atoms with Gasteiger partial charge in [-0.2, -0.15) is 0 Å². The minimum atomic E-state index is -0.669. The van der Waals surface area contributed by atoms with Crippen molar-refractivity contribution in [3.05, 3.63) is 230 Å². The van der Waals surface area contributed by atoms with Gasteiger partial charge in [-0.05, 0) is 83.1 Å².